The molecule has 3 aliphatic rings. The predicted octanol–water partition coefficient (Wildman–Crippen LogP) is 3.23. The van der Waals surface area contributed by atoms with Crippen molar-refractivity contribution < 1.29 is 4.74 Å². The van der Waals surface area contributed by atoms with E-state index in [0.29, 0.717) is 6.04 Å². The molecule has 2 saturated carbocycles. The molecule has 3 heterocycles. The number of rotatable bonds is 9. The molecule has 164 valence electrons. The molecule has 0 bridgehead atoms. The summed E-state index contributed by atoms with van der Waals surface area (Å²) in [7, 11) is 1.99. The zero-order chi connectivity index (χ0) is 20.5. The van der Waals surface area contributed by atoms with Crippen molar-refractivity contribution in [2.24, 2.45) is 24.8 Å². The first-order chi connectivity index (χ1) is 14.7. The Morgan fingerprint density at radius 3 is 2.70 bits per heavy atom. The molecular formula is C23H36N6O. The van der Waals surface area contributed by atoms with Gasteiger partial charge in [0.15, 0.2) is 0 Å². The van der Waals surface area contributed by atoms with E-state index in [2.05, 4.69) is 44.3 Å². The van der Waals surface area contributed by atoms with Crippen molar-refractivity contribution in [3.63, 3.8) is 0 Å². The van der Waals surface area contributed by atoms with Gasteiger partial charge in [-0.15, -0.1) is 5.10 Å². The van der Waals surface area contributed by atoms with Crippen LogP contribution in [0.15, 0.2) is 18.6 Å². The minimum Gasteiger partial charge on any atom is -0.376 e. The number of likely N-dealkylation sites (tertiary alicyclic amines) is 1. The predicted molar refractivity (Wildman–Crippen MR) is 115 cm³/mol. The van der Waals surface area contributed by atoms with Crippen LogP contribution in [-0.4, -0.2) is 55.5 Å². The Bertz CT molecular complexity index is 827. The quantitative estimate of drug-likeness (QED) is 0.633. The average Bonchev–Trinajstić information content (AvgIpc) is 3.10. The molecule has 5 rings (SSSR count). The fourth-order valence-corrected chi connectivity index (χ4v) is 5.38. The topological polar surface area (TPSA) is 61.0 Å². The van der Waals surface area contributed by atoms with Crippen LogP contribution in [0.2, 0.25) is 0 Å². The number of nitrogens with zero attached hydrogens (tertiary/aromatic N) is 6. The molecular weight excluding hydrogens is 376 g/mol. The SMILES string of the molecule is CCCCc1cn([C@@H]2C[C@@H]3CN(Cc4cnn(C)c4)C[C@@H]3C[C@H]2OCC2CC2)nn1. The zero-order valence-corrected chi connectivity index (χ0v) is 18.5. The third-order valence-electron chi connectivity index (χ3n) is 7.25. The second kappa shape index (κ2) is 8.79. The fraction of sp³-hybridized carbons (Fsp3) is 0.783. The van der Waals surface area contributed by atoms with Crippen LogP contribution in [-0.2, 0) is 24.8 Å². The average molecular weight is 413 g/mol. The summed E-state index contributed by atoms with van der Waals surface area (Å²) in [5, 5.41) is 13.4. The Hall–Kier alpha value is -1.73. The van der Waals surface area contributed by atoms with E-state index in [-0.39, 0.29) is 6.10 Å². The summed E-state index contributed by atoms with van der Waals surface area (Å²) in [6.45, 7) is 6.50. The molecule has 7 heteroatoms. The first-order valence-electron chi connectivity index (χ1n) is 11.9. The van der Waals surface area contributed by atoms with E-state index >= 15 is 0 Å². The summed E-state index contributed by atoms with van der Waals surface area (Å²) in [6.07, 6.45) is 15.0. The van der Waals surface area contributed by atoms with Gasteiger partial charge in [0, 0.05) is 51.2 Å². The van der Waals surface area contributed by atoms with Crippen molar-refractivity contribution in [1.82, 2.24) is 29.7 Å². The second-order valence-corrected chi connectivity index (χ2v) is 9.88. The van der Waals surface area contributed by atoms with Crippen LogP contribution >= 0.6 is 0 Å². The van der Waals surface area contributed by atoms with Crippen molar-refractivity contribution in [2.45, 2.75) is 70.6 Å². The number of hydrogen-bond acceptors (Lipinski definition) is 5. The fourth-order valence-electron chi connectivity index (χ4n) is 5.38. The highest BCUT2D eigenvalue weighted by Crippen LogP contribution is 2.43. The number of aryl methyl sites for hydroxylation is 2. The van der Waals surface area contributed by atoms with E-state index in [1.165, 1.54) is 44.3 Å². The van der Waals surface area contributed by atoms with Crippen LogP contribution in [0.5, 0.6) is 0 Å². The normalized spacial score (nSPS) is 29.4. The Kier molecular flexibility index (Phi) is 5.92. The van der Waals surface area contributed by atoms with E-state index in [1.54, 1.807) is 0 Å². The Labute approximate surface area is 179 Å². The van der Waals surface area contributed by atoms with Gasteiger partial charge in [-0.1, -0.05) is 18.6 Å². The largest absolute Gasteiger partial charge is 0.376 e. The maximum atomic E-state index is 6.51. The number of aromatic nitrogens is 5. The van der Waals surface area contributed by atoms with Gasteiger partial charge in [0.05, 0.1) is 24.0 Å². The highest BCUT2D eigenvalue weighted by Gasteiger charge is 2.44. The maximum Gasteiger partial charge on any atom is 0.0827 e. The molecule has 30 heavy (non-hydrogen) atoms. The van der Waals surface area contributed by atoms with Gasteiger partial charge in [-0.25, -0.2) is 4.68 Å². The summed E-state index contributed by atoms with van der Waals surface area (Å²) in [5.41, 5.74) is 2.44. The van der Waals surface area contributed by atoms with Crippen molar-refractivity contribution in [2.75, 3.05) is 19.7 Å². The van der Waals surface area contributed by atoms with Gasteiger partial charge in [0.25, 0.3) is 0 Å². The van der Waals surface area contributed by atoms with Gasteiger partial charge >= 0.3 is 0 Å². The highest BCUT2D eigenvalue weighted by molar-refractivity contribution is 5.05. The van der Waals surface area contributed by atoms with Gasteiger partial charge in [-0.2, -0.15) is 5.10 Å². The minimum atomic E-state index is 0.269. The highest BCUT2D eigenvalue weighted by atomic mass is 16.5. The first-order valence-corrected chi connectivity index (χ1v) is 11.9. The van der Waals surface area contributed by atoms with Gasteiger partial charge in [0.1, 0.15) is 0 Å². The lowest BCUT2D eigenvalue weighted by Crippen LogP contribution is -2.38. The Morgan fingerprint density at radius 2 is 1.97 bits per heavy atom. The number of fused-ring (bicyclic) bond motifs is 1. The molecule has 7 nitrogen and oxygen atoms in total. The smallest absolute Gasteiger partial charge is 0.0827 e. The third kappa shape index (κ3) is 4.62. The zero-order valence-electron chi connectivity index (χ0n) is 18.5. The van der Waals surface area contributed by atoms with Crippen LogP contribution < -0.4 is 0 Å². The number of unbranched alkanes of at least 4 members (excludes halogenated alkanes) is 1. The van der Waals surface area contributed by atoms with E-state index in [1.807, 2.05) is 17.9 Å². The van der Waals surface area contributed by atoms with Crippen LogP contribution in [0.25, 0.3) is 0 Å². The summed E-state index contributed by atoms with van der Waals surface area (Å²) >= 11 is 0. The molecule has 0 radical (unpaired) electrons. The second-order valence-electron chi connectivity index (χ2n) is 9.88. The number of hydrogen-bond donors (Lipinski definition) is 0. The van der Waals surface area contributed by atoms with Crippen molar-refractivity contribution >= 4 is 0 Å². The van der Waals surface area contributed by atoms with Crippen molar-refractivity contribution in [3.05, 3.63) is 29.8 Å². The standard InChI is InChI=1S/C23H36N6O/c1-3-4-5-21-15-29(26-25-21)22-8-19-13-28(12-18-10-24-27(2)11-18)14-20(19)9-23(22)30-16-17-6-7-17/h10-11,15,17,19-20,22-23H,3-9,12-14,16H2,1-2H3/t19-,20+,22-,23-/m1/s1. The molecule has 1 saturated heterocycles. The van der Waals surface area contributed by atoms with E-state index in [4.69, 9.17) is 4.74 Å². The van der Waals surface area contributed by atoms with Gasteiger partial charge in [-0.05, 0) is 56.3 Å². The molecule has 2 aromatic heterocycles. The number of ether oxygens (including phenoxy) is 1. The van der Waals surface area contributed by atoms with Crippen LogP contribution in [0.3, 0.4) is 0 Å². The molecule has 4 atom stereocenters. The lowest BCUT2D eigenvalue weighted by Gasteiger charge is -2.37. The lowest BCUT2D eigenvalue weighted by atomic mass is 9.77. The van der Waals surface area contributed by atoms with Gasteiger partial charge in [-0.3, -0.25) is 9.58 Å². The molecule has 0 unspecified atom stereocenters. The first kappa shape index (κ1) is 20.2. The monoisotopic (exact) mass is 412 g/mol. The molecule has 1 aliphatic heterocycles. The lowest BCUT2D eigenvalue weighted by molar-refractivity contribution is -0.0375. The Balaban J connectivity index is 1.27. The van der Waals surface area contributed by atoms with Crippen molar-refractivity contribution in [1.29, 1.82) is 0 Å². The molecule has 0 aromatic carbocycles. The Morgan fingerprint density at radius 1 is 1.13 bits per heavy atom. The molecule has 2 aromatic rings. The molecule has 0 amide bonds. The summed E-state index contributed by atoms with van der Waals surface area (Å²) in [5.74, 6) is 2.24. The van der Waals surface area contributed by atoms with E-state index < -0.39 is 0 Å². The molecule has 0 spiro atoms. The minimum absolute atomic E-state index is 0.269. The van der Waals surface area contributed by atoms with Crippen LogP contribution in [0.1, 0.15) is 62.7 Å². The van der Waals surface area contributed by atoms with Crippen molar-refractivity contribution in [3.8, 4) is 0 Å². The van der Waals surface area contributed by atoms with Gasteiger partial charge < -0.3 is 4.74 Å². The van der Waals surface area contributed by atoms with E-state index in [9.17, 15) is 0 Å². The summed E-state index contributed by atoms with van der Waals surface area (Å²) in [4.78, 5) is 2.61. The van der Waals surface area contributed by atoms with Gasteiger partial charge in [0.2, 0.25) is 0 Å². The molecule has 3 fully saturated rings. The van der Waals surface area contributed by atoms with Crippen LogP contribution in [0.4, 0.5) is 0 Å². The van der Waals surface area contributed by atoms with E-state index in [0.717, 1.165) is 55.9 Å². The third-order valence-corrected chi connectivity index (χ3v) is 7.25. The summed E-state index contributed by atoms with van der Waals surface area (Å²) < 4.78 is 10.6. The molecule has 0 N–H and O–H groups in total. The maximum absolute atomic E-state index is 6.51. The summed E-state index contributed by atoms with van der Waals surface area (Å²) in [6, 6.07) is 0.325. The molecule has 2 aliphatic carbocycles. The van der Waals surface area contributed by atoms with Crippen LogP contribution in [0, 0.1) is 17.8 Å².